The normalized spacial score (nSPS) is 15.3. The molecule has 1 saturated heterocycles. The Hall–Kier alpha value is -2.83. The van der Waals surface area contributed by atoms with E-state index in [4.69, 9.17) is 4.74 Å². The second-order valence-corrected chi connectivity index (χ2v) is 7.14. The maximum absolute atomic E-state index is 12.7. The van der Waals surface area contributed by atoms with Gasteiger partial charge in [0.15, 0.2) is 0 Å². The Morgan fingerprint density at radius 3 is 2.59 bits per heavy atom. The number of aryl methyl sites for hydroxylation is 1. The maximum Gasteiger partial charge on any atom is 0.247 e. The zero-order chi connectivity index (χ0) is 19.4. The van der Waals surface area contributed by atoms with Gasteiger partial charge in [0, 0.05) is 38.1 Å². The SMILES string of the molecule is CC(C)[C@H](C(=O)Nc1ccc(OCc2nccn2C)cc1)N1CCCC1=O. The number of carbonyl (C=O) groups is 2. The van der Waals surface area contributed by atoms with Gasteiger partial charge in [-0.05, 0) is 36.6 Å². The minimum Gasteiger partial charge on any atom is -0.486 e. The number of hydrogen-bond acceptors (Lipinski definition) is 4. The minimum absolute atomic E-state index is 0.0486. The maximum atomic E-state index is 12.7. The third-order valence-electron chi connectivity index (χ3n) is 4.76. The molecule has 2 aromatic rings. The van der Waals surface area contributed by atoms with Crippen molar-refractivity contribution in [3.63, 3.8) is 0 Å². The lowest BCUT2D eigenvalue weighted by atomic mass is 10.0. The fourth-order valence-electron chi connectivity index (χ4n) is 3.30. The molecule has 1 aliphatic rings. The Morgan fingerprint density at radius 1 is 1.30 bits per heavy atom. The largest absolute Gasteiger partial charge is 0.486 e. The monoisotopic (exact) mass is 370 g/mol. The third kappa shape index (κ3) is 4.48. The summed E-state index contributed by atoms with van der Waals surface area (Å²) in [5, 5.41) is 2.92. The summed E-state index contributed by atoms with van der Waals surface area (Å²) >= 11 is 0. The van der Waals surface area contributed by atoms with Crippen LogP contribution in [0.2, 0.25) is 0 Å². The van der Waals surface area contributed by atoms with Crippen LogP contribution in [0.5, 0.6) is 5.75 Å². The molecule has 3 rings (SSSR count). The Balaban J connectivity index is 1.60. The molecular weight excluding hydrogens is 344 g/mol. The van der Waals surface area contributed by atoms with Crippen molar-refractivity contribution in [3.8, 4) is 5.75 Å². The van der Waals surface area contributed by atoms with E-state index in [2.05, 4.69) is 10.3 Å². The van der Waals surface area contributed by atoms with Gasteiger partial charge in [0.05, 0.1) is 0 Å². The molecule has 2 amide bonds. The van der Waals surface area contributed by atoms with Crippen molar-refractivity contribution in [1.29, 1.82) is 0 Å². The van der Waals surface area contributed by atoms with Gasteiger partial charge in [-0.1, -0.05) is 13.8 Å². The van der Waals surface area contributed by atoms with Crippen LogP contribution in [-0.2, 0) is 23.2 Å². The Morgan fingerprint density at radius 2 is 2.04 bits per heavy atom. The van der Waals surface area contributed by atoms with Crippen LogP contribution in [0, 0.1) is 5.92 Å². The summed E-state index contributed by atoms with van der Waals surface area (Å²) in [6.07, 6.45) is 4.94. The van der Waals surface area contributed by atoms with Gasteiger partial charge in [-0.2, -0.15) is 0 Å². The van der Waals surface area contributed by atoms with Gasteiger partial charge >= 0.3 is 0 Å². The number of likely N-dealkylation sites (tertiary alicyclic amines) is 1. The lowest BCUT2D eigenvalue weighted by Crippen LogP contribution is -2.47. The van der Waals surface area contributed by atoms with Crippen LogP contribution >= 0.6 is 0 Å². The number of rotatable bonds is 7. The van der Waals surface area contributed by atoms with Gasteiger partial charge in [0.1, 0.15) is 24.2 Å². The summed E-state index contributed by atoms with van der Waals surface area (Å²) in [5.41, 5.74) is 0.682. The summed E-state index contributed by atoms with van der Waals surface area (Å²) < 4.78 is 7.63. The highest BCUT2D eigenvalue weighted by Gasteiger charge is 2.34. The van der Waals surface area contributed by atoms with Crippen LogP contribution in [-0.4, -0.2) is 38.9 Å². The number of nitrogens with one attached hydrogen (secondary N) is 1. The molecule has 0 radical (unpaired) electrons. The fraction of sp³-hybridized carbons (Fsp3) is 0.450. The highest BCUT2D eigenvalue weighted by Crippen LogP contribution is 2.22. The number of ether oxygens (including phenoxy) is 1. The molecule has 7 nitrogen and oxygen atoms in total. The van der Waals surface area contributed by atoms with Gasteiger partial charge in [0.2, 0.25) is 11.8 Å². The standard InChI is InChI=1S/C20H26N4O3/c1-14(2)19(24-11-4-5-18(24)25)20(26)22-15-6-8-16(9-7-15)27-13-17-21-10-12-23(17)3/h6-10,12,14,19H,4-5,11,13H2,1-3H3,(H,22,26)/t19-/m1/s1. The number of carbonyl (C=O) groups excluding carboxylic acids is 2. The van der Waals surface area contributed by atoms with Crippen LogP contribution in [0.3, 0.4) is 0 Å². The molecule has 0 saturated carbocycles. The molecular formula is C20H26N4O3. The molecule has 0 unspecified atom stereocenters. The topological polar surface area (TPSA) is 76.5 Å². The number of nitrogens with zero attached hydrogens (tertiary/aromatic N) is 3. The molecule has 1 atom stereocenters. The molecule has 7 heteroatoms. The van der Waals surface area contributed by atoms with E-state index in [0.717, 1.165) is 12.2 Å². The summed E-state index contributed by atoms with van der Waals surface area (Å²) in [4.78, 5) is 30.7. The van der Waals surface area contributed by atoms with E-state index in [1.165, 1.54) is 0 Å². The predicted molar refractivity (Wildman–Crippen MR) is 102 cm³/mol. The number of hydrogen-bond donors (Lipinski definition) is 1. The van der Waals surface area contributed by atoms with Crippen LogP contribution in [0.25, 0.3) is 0 Å². The number of imidazole rings is 1. The summed E-state index contributed by atoms with van der Waals surface area (Å²) in [5.74, 6) is 1.49. The molecule has 144 valence electrons. The molecule has 2 heterocycles. The molecule has 1 aliphatic heterocycles. The number of aromatic nitrogens is 2. The molecule has 0 aliphatic carbocycles. The molecule has 1 aromatic carbocycles. The molecule has 1 N–H and O–H groups in total. The Bertz CT molecular complexity index is 798. The first-order valence-electron chi connectivity index (χ1n) is 9.25. The highest BCUT2D eigenvalue weighted by atomic mass is 16.5. The van der Waals surface area contributed by atoms with Gasteiger partial charge in [-0.3, -0.25) is 9.59 Å². The van der Waals surface area contributed by atoms with Crippen molar-refractivity contribution in [1.82, 2.24) is 14.5 Å². The first-order chi connectivity index (χ1) is 13.0. The minimum atomic E-state index is -0.445. The van der Waals surface area contributed by atoms with E-state index in [1.54, 1.807) is 23.2 Å². The zero-order valence-electron chi connectivity index (χ0n) is 16.0. The average molecular weight is 370 g/mol. The van der Waals surface area contributed by atoms with Gasteiger partial charge in [-0.15, -0.1) is 0 Å². The molecule has 27 heavy (non-hydrogen) atoms. The van der Waals surface area contributed by atoms with Crippen molar-refractivity contribution in [2.24, 2.45) is 13.0 Å². The van der Waals surface area contributed by atoms with E-state index in [0.29, 0.717) is 31.0 Å². The molecule has 0 spiro atoms. The number of amides is 2. The van der Waals surface area contributed by atoms with Crippen molar-refractivity contribution >= 4 is 17.5 Å². The summed E-state index contributed by atoms with van der Waals surface area (Å²) in [7, 11) is 1.92. The van der Waals surface area contributed by atoms with E-state index >= 15 is 0 Å². The number of anilines is 1. The highest BCUT2D eigenvalue weighted by molar-refractivity contribution is 5.97. The zero-order valence-corrected chi connectivity index (χ0v) is 16.0. The van der Waals surface area contributed by atoms with Crippen LogP contribution < -0.4 is 10.1 Å². The summed E-state index contributed by atoms with van der Waals surface area (Å²) in [6.45, 7) is 4.95. The second kappa shape index (κ2) is 8.24. The van der Waals surface area contributed by atoms with E-state index < -0.39 is 6.04 Å². The third-order valence-corrected chi connectivity index (χ3v) is 4.76. The van der Waals surface area contributed by atoms with Gasteiger partial charge in [0.25, 0.3) is 0 Å². The lowest BCUT2D eigenvalue weighted by molar-refractivity contribution is -0.136. The average Bonchev–Trinajstić information content (AvgIpc) is 3.23. The second-order valence-electron chi connectivity index (χ2n) is 7.14. The smallest absolute Gasteiger partial charge is 0.247 e. The fourth-order valence-corrected chi connectivity index (χ4v) is 3.30. The van der Waals surface area contributed by atoms with Crippen molar-refractivity contribution < 1.29 is 14.3 Å². The quantitative estimate of drug-likeness (QED) is 0.813. The van der Waals surface area contributed by atoms with E-state index in [-0.39, 0.29) is 17.7 Å². The Labute approximate surface area is 159 Å². The van der Waals surface area contributed by atoms with Crippen LogP contribution in [0.15, 0.2) is 36.7 Å². The van der Waals surface area contributed by atoms with E-state index in [1.807, 2.05) is 43.8 Å². The number of benzene rings is 1. The first-order valence-corrected chi connectivity index (χ1v) is 9.25. The molecule has 1 aromatic heterocycles. The Kier molecular flexibility index (Phi) is 5.78. The van der Waals surface area contributed by atoms with Crippen molar-refractivity contribution in [2.45, 2.75) is 39.3 Å². The van der Waals surface area contributed by atoms with Crippen LogP contribution in [0.1, 0.15) is 32.5 Å². The van der Waals surface area contributed by atoms with Gasteiger partial charge in [-0.25, -0.2) is 4.98 Å². The predicted octanol–water partition coefficient (Wildman–Crippen LogP) is 2.58. The van der Waals surface area contributed by atoms with Gasteiger partial charge < -0.3 is 19.5 Å². The van der Waals surface area contributed by atoms with Crippen LogP contribution in [0.4, 0.5) is 5.69 Å². The summed E-state index contributed by atoms with van der Waals surface area (Å²) in [6, 6.07) is 6.77. The van der Waals surface area contributed by atoms with Crippen molar-refractivity contribution in [3.05, 3.63) is 42.5 Å². The first kappa shape index (κ1) is 18.9. The molecule has 1 fully saturated rings. The van der Waals surface area contributed by atoms with E-state index in [9.17, 15) is 9.59 Å². The van der Waals surface area contributed by atoms with Crippen molar-refractivity contribution in [2.75, 3.05) is 11.9 Å². The lowest BCUT2D eigenvalue weighted by Gasteiger charge is -2.29. The molecule has 0 bridgehead atoms.